The highest BCUT2D eigenvalue weighted by molar-refractivity contribution is 6.82. The van der Waals surface area contributed by atoms with Crippen LogP contribution in [0.15, 0.2) is 0 Å². The number of rotatable bonds is 10. The van der Waals surface area contributed by atoms with E-state index in [0.29, 0.717) is 12.1 Å². The Kier molecular flexibility index (Phi) is 8.17. The quantitative estimate of drug-likeness (QED) is 0.618. The smallest absolute Gasteiger partial charge is 0.398 e. The summed E-state index contributed by atoms with van der Waals surface area (Å²) < 4.78 is 28.2. The van der Waals surface area contributed by atoms with Crippen LogP contribution in [0.3, 0.4) is 0 Å². The molecule has 9 heteroatoms. The van der Waals surface area contributed by atoms with Crippen molar-refractivity contribution in [3.05, 3.63) is 0 Å². The van der Waals surface area contributed by atoms with E-state index in [1.165, 1.54) is 7.11 Å². The van der Waals surface area contributed by atoms with Gasteiger partial charge in [-0.3, -0.25) is 0 Å². The van der Waals surface area contributed by atoms with E-state index in [0.717, 1.165) is 6.04 Å². The first-order valence-electron chi connectivity index (χ1n) is 6.56. The molecule has 0 amide bonds. The van der Waals surface area contributed by atoms with Gasteiger partial charge in [-0.15, -0.1) is 0 Å². The third-order valence-electron chi connectivity index (χ3n) is 3.27. The van der Waals surface area contributed by atoms with E-state index < -0.39 is 26.2 Å². The second-order valence-corrected chi connectivity index (χ2v) is 14.4. The molecule has 0 fully saturated rings. The molecule has 0 aromatic rings. The van der Waals surface area contributed by atoms with Crippen LogP contribution in [0.2, 0.25) is 24.7 Å². The van der Waals surface area contributed by atoms with Gasteiger partial charge in [0, 0.05) is 33.4 Å². The van der Waals surface area contributed by atoms with Crippen LogP contribution in [-0.4, -0.2) is 52.3 Å². The van der Waals surface area contributed by atoms with E-state index in [-0.39, 0.29) is 0 Å². The lowest BCUT2D eigenvalue weighted by Crippen LogP contribution is -2.60. The second-order valence-electron chi connectivity index (χ2n) is 4.41. The Morgan fingerprint density at radius 2 is 1.37 bits per heavy atom. The average molecular weight is 329 g/mol. The first-order chi connectivity index (χ1) is 8.78. The Morgan fingerprint density at radius 3 is 1.63 bits per heavy atom. The molecule has 0 aliphatic carbocycles. The van der Waals surface area contributed by atoms with Crippen LogP contribution in [0.25, 0.3) is 0 Å². The molecule has 3 atom stereocenters. The second kappa shape index (κ2) is 8.00. The van der Waals surface area contributed by atoms with Gasteiger partial charge in [0.05, 0.1) is 0 Å². The molecule has 19 heavy (non-hydrogen) atoms. The zero-order valence-electron chi connectivity index (χ0n) is 13.1. The van der Waals surface area contributed by atoms with Gasteiger partial charge in [-0.25, -0.2) is 0 Å². The monoisotopic (exact) mass is 328 g/mol. The van der Waals surface area contributed by atoms with Gasteiger partial charge in [-0.1, -0.05) is 20.8 Å². The van der Waals surface area contributed by atoms with Gasteiger partial charge in [-0.2, -0.15) is 0 Å². The topological polar surface area (TPSA) is 66.4 Å². The molecule has 0 bridgehead atoms. The molecule has 0 aliphatic rings. The van der Waals surface area contributed by atoms with Crippen LogP contribution in [0.1, 0.15) is 20.8 Å². The lowest BCUT2D eigenvalue weighted by molar-refractivity contribution is 0.111. The first-order valence-corrected chi connectivity index (χ1v) is 13.0. The van der Waals surface area contributed by atoms with Crippen molar-refractivity contribution in [2.45, 2.75) is 45.5 Å². The van der Waals surface area contributed by atoms with Crippen LogP contribution >= 0.6 is 0 Å². The Morgan fingerprint density at radius 1 is 0.789 bits per heavy atom. The van der Waals surface area contributed by atoms with Crippen LogP contribution in [0, 0.1) is 0 Å². The predicted molar refractivity (Wildman–Crippen MR) is 80.0 cm³/mol. The summed E-state index contributed by atoms with van der Waals surface area (Å²) >= 11 is 0. The van der Waals surface area contributed by atoms with Gasteiger partial charge < -0.3 is 26.3 Å². The molecule has 3 unspecified atom stereocenters. The molecule has 1 N–H and O–H groups in total. The summed E-state index contributed by atoms with van der Waals surface area (Å²) in [5, 5.41) is 0. The molecule has 0 saturated heterocycles. The van der Waals surface area contributed by atoms with Gasteiger partial charge in [0.15, 0.2) is 0 Å². The molecule has 0 rings (SSSR count). The highest BCUT2D eigenvalue weighted by Crippen LogP contribution is 2.27. The minimum Gasteiger partial charge on any atom is -0.398 e. The lowest BCUT2D eigenvalue weighted by atomic mass is 11.0. The lowest BCUT2D eigenvalue weighted by Gasteiger charge is -2.38. The Hall–Kier alpha value is 0.411. The van der Waals surface area contributed by atoms with Crippen LogP contribution < -0.4 is 0 Å². The van der Waals surface area contributed by atoms with Crippen molar-refractivity contribution in [2.24, 2.45) is 0 Å². The van der Waals surface area contributed by atoms with Crippen molar-refractivity contribution in [1.82, 2.24) is 0 Å². The van der Waals surface area contributed by atoms with E-state index in [4.69, 9.17) is 21.5 Å². The zero-order chi connectivity index (χ0) is 15.2. The molecule has 0 spiro atoms. The summed E-state index contributed by atoms with van der Waals surface area (Å²) in [7, 11) is -3.89. The van der Waals surface area contributed by atoms with Crippen molar-refractivity contribution in [3.8, 4) is 0 Å². The van der Waals surface area contributed by atoms with Gasteiger partial charge in [0.25, 0.3) is 0 Å². The van der Waals surface area contributed by atoms with Crippen LogP contribution in [-0.2, 0) is 21.5 Å². The van der Waals surface area contributed by atoms with E-state index >= 15 is 0 Å². The standard InChI is InChI=1S/C10H28O6Si3/c1-8-17(7,12-4)15-19(10-3,14-6)16-18(11,9-2)13-5/h11H,8-10H2,1-7H3. The summed E-state index contributed by atoms with van der Waals surface area (Å²) in [5.74, 6) is 0. The fourth-order valence-corrected chi connectivity index (χ4v) is 11.1. The SMILES string of the molecule is CC[Si](C)(OC)O[Si](CC)(OC)O[Si](O)(CC)OC. The van der Waals surface area contributed by atoms with Crippen molar-refractivity contribution in [2.75, 3.05) is 21.3 Å². The summed E-state index contributed by atoms with van der Waals surface area (Å²) in [5.41, 5.74) is 0. The van der Waals surface area contributed by atoms with E-state index in [9.17, 15) is 4.80 Å². The molecule has 0 heterocycles. The summed E-state index contributed by atoms with van der Waals surface area (Å²) in [6.45, 7) is 7.73. The molecule has 116 valence electrons. The Labute approximate surface area is 120 Å². The van der Waals surface area contributed by atoms with E-state index in [2.05, 4.69) is 0 Å². The first kappa shape index (κ1) is 19.4. The number of hydrogen-bond acceptors (Lipinski definition) is 6. The van der Waals surface area contributed by atoms with Gasteiger partial charge in [0.1, 0.15) is 0 Å². The minimum atomic E-state index is -3.22. The van der Waals surface area contributed by atoms with Gasteiger partial charge in [0.2, 0.25) is 0 Å². The van der Waals surface area contributed by atoms with E-state index in [1.54, 1.807) is 14.2 Å². The summed E-state index contributed by atoms with van der Waals surface area (Å²) in [6.07, 6.45) is 0. The molecule has 0 aromatic carbocycles. The highest BCUT2D eigenvalue weighted by atomic mass is 28.5. The maximum absolute atomic E-state index is 10.3. The van der Waals surface area contributed by atoms with Gasteiger partial charge in [-0.05, 0) is 12.6 Å². The molecular formula is C10H28O6Si3. The molecule has 0 radical (unpaired) electrons. The molecule has 0 aliphatic heterocycles. The molecule has 0 aromatic heterocycles. The number of hydrogen-bond donors (Lipinski definition) is 1. The Bertz CT molecular complexity index is 232. The molecule has 0 saturated carbocycles. The summed E-state index contributed by atoms with van der Waals surface area (Å²) in [6, 6.07) is 1.76. The minimum absolute atomic E-state index is 0.419. The third kappa shape index (κ3) is 5.36. The highest BCUT2D eigenvalue weighted by Gasteiger charge is 2.52. The molecular weight excluding hydrogens is 300 g/mol. The fourth-order valence-electron chi connectivity index (χ4n) is 1.48. The maximum Gasteiger partial charge on any atom is 0.490 e. The van der Waals surface area contributed by atoms with Gasteiger partial charge >= 0.3 is 26.2 Å². The fraction of sp³-hybridized carbons (Fsp3) is 1.00. The van der Waals surface area contributed by atoms with Crippen LogP contribution in [0.5, 0.6) is 0 Å². The largest absolute Gasteiger partial charge is 0.490 e. The molecule has 6 nitrogen and oxygen atoms in total. The average Bonchev–Trinajstić information content (AvgIpc) is 2.46. The van der Waals surface area contributed by atoms with E-state index in [1.807, 2.05) is 27.3 Å². The van der Waals surface area contributed by atoms with Crippen LogP contribution in [0.4, 0.5) is 0 Å². The van der Waals surface area contributed by atoms with Crippen molar-refractivity contribution >= 4 is 26.2 Å². The summed E-state index contributed by atoms with van der Waals surface area (Å²) in [4.78, 5) is 10.3. The van der Waals surface area contributed by atoms with Crippen molar-refractivity contribution < 1.29 is 26.3 Å². The third-order valence-corrected chi connectivity index (χ3v) is 13.9. The van der Waals surface area contributed by atoms with Crippen molar-refractivity contribution in [3.63, 3.8) is 0 Å². The Balaban J connectivity index is 5.15. The predicted octanol–water partition coefficient (Wildman–Crippen LogP) is 1.96. The zero-order valence-corrected chi connectivity index (χ0v) is 16.1. The normalized spacial score (nSPS) is 21.5. The maximum atomic E-state index is 10.3. The van der Waals surface area contributed by atoms with Crippen molar-refractivity contribution in [1.29, 1.82) is 0 Å².